The molecule has 0 saturated carbocycles. The van der Waals surface area contributed by atoms with Crippen molar-refractivity contribution in [3.05, 3.63) is 63.8 Å². The summed E-state index contributed by atoms with van der Waals surface area (Å²) in [6.45, 7) is 4.93. The zero-order chi connectivity index (χ0) is 22.2. The number of aryl methyl sites for hydroxylation is 1. The minimum atomic E-state index is -4.40. The Bertz CT molecular complexity index is 1170. The van der Waals surface area contributed by atoms with E-state index in [0.717, 1.165) is 25.0 Å². The number of alkyl halides is 3. The van der Waals surface area contributed by atoms with Gasteiger partial charge >= 0.3 is 6.18 Å². The van der Waals surface area contributed by atoms with Crippen LogP contribution in [0.3, 0.4) is 0 Å². The van der Waals surface area contributed by atoms with E-state index in [0.29, 0.717) is 41.3 Å². The second-order valence-corrected chi connectivity index (χ2v) is 8.10. The van der Waals surface area contributed by atoms with Gasteiger partial charge in [-0.05, 0) is 44.4 Å². The lowest BCUT2D eigenvalue weighted by molar-refractivity contribution is -0.137. The molecule has 1 unspecified atom stereocenters. The molecule has 0 aliphatic carbocycles. The van der Waals surface area contributed by atoms with Crippen molar-refractivity contribution in [3.8, 4) is 0 Å². The van der Waals surface area contributed by atoms with Gasteiger partial charge < -0.3 is 14.6 Å². The normalized spacial score (nSPS) is 19.5. The van der Waals surface area contributed by atoms with Crippen LogP contribution < -0.4 is 10.9 Å². The lowest BCUT2D eigenvalue weighted by Gasteiger charge is -2.35. The summed E-state index contributed by atoms with van der Waals surface area (Å²) >= 11 is 0. The highest BCUT2D eigenvalue weighted by Gasteiger charge is 2.31. The van der Waals surface area contributed by atoms with Crippen LogP contribution in [0.15, 0.2) is 41.3 Å². The Morgan fingerprint density at radius 2 is 2.06 bits per heavy atom. The number of nitrogens with zero attached hydrogens (tertiary/aromatic N) is 3. The second-order valence-electron chi connectivity index (χ2n) is 8.10. The first-order valence-corrected chi connectivity index (χ1v) is 10.0. The van der Waals surface area contributed by atoms with Crippen LogP contribution in [-0.4, -0.2) is 27.7 Å². The number of anilines is 1. The number of ether oxygens (including phenoxy) is 1. The maximum Gasteiger partial charge on any atom is 0.416 e. The van der Waals surface area contributed by atoms with Crippen LogP contribution in [0.2, 0.25) is 0 Å². The number of nitrogens with one attached hydrogen (secondary N) is 1. The van der Waals surface area contributed by atoms with E-state index in [4.69, 9.17) is 4.74 Å². The molecule has 1 saturated heterocycles. The summed E-state index contributed by atoms with van der Waals surface area (Å²) < 4.78 is 46.3. The van der Waals surface area contributed by atoms with Crippen LogP contribution in [0.5, 0.6) is 0 Å². The summed E-state index contributed by atoms with van der Waals surface area (Å²) in [5.74, 6) is 0.928. The van der Waals surface area contributed by atoms with Crippen molar-refractivity contribution < 1.29 is 17.9 Å². The zero-order valence-corrected chi connectivity index (χ0v) is 17.3. The molecule has 4 rings (SSSR count). The molecule has 0 bridgehead atoms. The van der Waals surface area contributed by atoms with Gasteiger partial charge in [0.05, 0.1) is 28.6 Å². The molecule has 3 aromatic rings. The van der Waals surface area contributed by atoms with Gasteiger partial charge in [-0.25, -0.2) is 9.97 Å². The Hall–Kier alpha value is -2.94. The third-order valence-corrected chi connectivity index (χ3v) is 5.56. The SMILES string of the molecule is Cc1nc(NCc2cccc(C(F)(F)F)c2)c2cn(C3(C)CCCOC3)c(=O)cc2n1. The number of hydrogen-bond donors (Lipinski definition) is 1. The van der Waals surface area contributed by atoms with Gasteiger partial charge in [0.15, 0.2) is 0 Å². The summed E-state index contributed by atoms with van der Waals surface area (Å²) in [4.78, 5) is 21.6. The van der Waals surface area contributed by atoms with Crippen LogP contribution in [-0.2, 0) is 23.0 Å². The Morgan fingerprint density at radius 1 is 1.26 bits per heavy atom. The Labute approximate surface area is 177 Å². The van der Waals surface area contributed by atoms with E-state index < -0.39 is 17.3 Å². The number of aromatic nitrogens is 3. The van der Waals surface area contributed by atoms with Crippen molar-refractivity contribution >= 4 is 16.7 Å². The van der Waals surface area contributed by atoms with Crippen molar-refractivity contribution in [1.82, 2.24) is 14.5 Å². The highest BCUT2D eigenvalue weighted by molar-refractivity contribution is 5.88. The van der Waals surface area contributed by atoms with E-state index in [1.807, 2.05) is 6.92 Å². The average molecular weight is 432 g/mol. The molecule has 3 heterocycles. The molecule has 2 aromatic heterocycles. The molecule has 0 amide bonds. The number of pyridine rings is 1. The van der Waals surface area contributed by atoms with E-state index in [1.165, 1.54) is 12.1 Å². The number of rotatable bonds is 4. The van der Waals surface area contributed by atoms with Crippen molar-refractivity contribution in [2.24, 2.45) is 0 Å². The van der Waals surface area contributed by atoms with Gasteiger partial charge in [-0.3, -0.25) is 4.79 Å². The predicted molar refractivity (Wildman–Crippen MR) is 111 cm³/mol. The van der Waals surface area contributed by atoms with Gasteiger partial charge in [-0.2, -0.15) is 13.2 Å². The highest BCUT2D eigenvalue weighted by atomic mass is 19.4. The molecule has 1 aliphatic heterocycles. The highest BCUT2D eigenvalue weighted by Crippen LogP contribution is 2.30. The van der Waals surface area contributed by atoms with Crippen molar-refractivity contribution in [1.29, 1.82) is 0 Å². The predicted octanol–water partition coefficient (Wildman–Crippen LogP) is 4.26. The smallest absolute Gasteiger partial charge is 0.379 e. The summed E-state index contributed by atoms with van der Waals surface area (Å²) in [6.07, 6.45) is -1.02. The molecule has 6 nitrogen and oxygen atoms in total. The zero-order valence-electron chi connectivity index (χ0n) is 17.3. The lowest BCUT2D eigenvalue weighted by atomic mass is 9.94. The van der Waals surface area contributed by atoms with E-state index in [2.05, 4.69) is 15.3 Å². The molecule has 0 radical (unpaired) electrons. The van der Waals surface area contributed by atoms with Crippen LogP contribution in [0.25, 0.3) is 10.9 Å². The van der Waals surface area contributed by atoms with E-state index in [1.54, 1.807) is 23.8 Å². The minimum absolute atomic E-state index is 0.148. The molecule has 1 fully saturated rings. The summed E-state index contributed by atoms with van der Waals surface area (Å²) in [5, 5.41) is 3.75. The van der Waals surface area contributed by atoms with Crippen molar-refractivity contribution in [2.75, 3.05) is 18.5 Å². The topological polar surface area (TPSA) is 69.0 Å². The van der Waals surface area contributed by atoms with Crippen molar-refractivity contribution in [3.63, 3.8) is 0 Å². The number of halogens is 3. The standard InChI is InChI=1S/C22H23F3N4O2/c1-14-27-18-10-19(30)29(21(2)7-4-8-31-13-21)12-17(18)20(28-14)26-11-15-5-3-6-16(9-15)22(23,24)25/h3,5-6,9-10,12H,4,7-8,11,13H2,1-2H3,(H,26,27,28). The fourth-order valence-electron chi connectivity index (χ4n) is 3.93. The van der Waals surface area contributed by atoms with Gasteiger partial charge in [-0.15, -0.1) is 0 Å². The summed E-state index contributed by atoms with van der Waals surface area (Å²) in [7, 11) is 0. The first-order chi connectivity index (χ1) is 14.7. The first kappa shape index (κ1) is 21.3. The van der Waals surface area contributed by atoms with Gasteiger partial charge in [0.25, 0.3) is 5.56 Å². The van der Waals surface area contributed by atoms with E-state index in [-0.39, 0.29) is 12.1 Å². The van der Waals surface area contributed by atoms with Gasteiger partial charge in [0.2, 0.25) is 0 Å². The lowest BCUT2D eigenvalue weighted by Crippen LogP contribution is -2.44. The average Bonchev–Trinajstić information content (AvgIpc) is 2.71. The first-order valence-electron chi connectivity index (χ1n) is 10.0. The fourth-order valence-corrected chi connectivity index (χ4v) is 3.93. The molecule has 164 valence electrons. The molecular formula is C22H23F3N4O2. The monoisotopic (exact) mass is 432 g/mol. The van der Waals surface area contributed by atoms with E-state index >= 15 is 0 Å². The molecular weight excluding hydrogens is 409 g/mol. The summed E-state index contributed by atoms with van der Waals surface area (Å²) in [5.41, 5.74) is -0.398. The quantitative estimate of drug-likeness (QED) is 0.667. The second kappa shape index (κ2) is 7.96. The van der Waals surface area contributed by atoms with Crippen LogP contribution in [0.4, 0.5) is 19.0 Å². The third-order valence-electron chi connectivity index (χ3n) is 5.56. The number of hydrogen-bond acceptors (Lipinski definition) is 5. The van der Waals surface area contributed by atoms with E-state index in [9.17, 15) is 18.0 Å². The molecule has 1 N–H and O–H groups in total. The Morgan fingerprint density at radius 3 is 2.77 bits per heavy atom. The Balaban J connectivity index is 1.71. The molecule has 0 spiro atoms. The maximum absolute atomic E-state index is 13.0. The summed E-state index contributed by atoms with van der Waals surface area (Å²) in [6, 6.07) is 6.62. The van der Waals surface area contributed by atoms with Gasteiger partial charge in [0, 0.05) is 25.4 Å². The minimum Gasteiger partial charge on any atom is -0.379 e. The third kappa shape index (κ3) is 4.41. The molecule has 9 heteroatoms. The number of fused-ring (bicyclic) bond motifs is 1. The molecule has 1 aromatic carbocycles. The largest absolute Gasteiger partial charge is 0.416 e. The Kier molecular flexibility index (Phi) is 5.47. The van der Waals surface area contributed by atoms with Gasteiger partial charge in [0.1, 0.15) is 11.6 Å². The number of benzene rings is 1. The molecule has 31 heavy (non-hydrogen) atoms. The molecule has 1 aliphatic rings. The van der Waals surface area contributed by atoms with Crippen LogP contribution in [0.1, 0.15) is 36.7 Å². The van der Waals surface area contributed by atoms with Crippen LogP contribution >= 0.6 is 0 Å². The van der Waals surface area contributed by atoms with Crippen molar-refractivity contribution in [2.45, 2.75) is 44.9 Å². The van der Waals surface area contributed by atoms with Gasteiger partial charge in [-0.1, -0.05) is 12.1 Å². The fraction of sp³-hybridized carbons (Fsp3) is 0.409. The van der Waals surface area contributed by atoms with Crippen LogP contribution in [0, 0.1) is 6.92 Å². The maximum atomic E-state index is 13.0. The molecule has 1 atom stereocenters.